The van der Waals surface area contributed by atoms with Gasteiger partial charge >= 0.3 is 5.97 Å². The highest BCUT2D eigenvalue weighted by Crippen LogP contribution is 2.38. The van der Waals surface area contributed by atoms with E-state index in [0.717, 1.165) is 5.56 Å². The summed E-state index contributed by atoms with van der Waals surface area (Å²) in [4.78, 5) is 22.9. The largest absolute Gasteiger partial charge is 0.496 e. The first-order valence-corrected chi connectivity index (χ1v) is 7.73. The van der Waals surface area contributed by atoms with Crippen molar-refractivity contribution >= 4 is 11.9 Å². The van der Waals surface area contributed by atoms with E-state index in [-0.39, 0.29) is 24.7 Å². The first-order chi connectivity index (χ1) is 10.9. The molecule has 126 valence electrons. The molecule has 0 saturated heterocycles. The Balaban J connectivity index is 2.02. The Bertz CT molecular complexity index is 572. The van der Waals surface area contributed by atoms with E-state index < -0.39 is 17.8 Å². The lowest BCUT2D eigenvalue weighted by Crippen LogP contribution is -2.32. The van der Waals surface area contributed by atoms with Gasteiger partial charge in [-0.2, -0.15) is 0 Å². The summed E-state index contributed by atoms with van der Waals surface area (Å²) in [5.41, 5.74) is 0.856. The van der Waals surface area contributed by atoms with Gasteiger partial charge in [-0.05, 0) is 26.3 Å². The number of carbonyl (C=O) groups excluding carboxylic acids is 1. The fraction of sp³-hybridized carbons (Fsp3) is 0.529. The highest BCUT2D eigenvalue weighted by molar-refractivity contribution is 5.89. The monoisotopic (exact) mass is 321 g/mol. The number of rotatable bonds is 8. The van der Waals surface area contributed by atoms with Crippen LogP contribution in [0.3, 0.4) is 0 Å². The number of amides is 1. The number of methoxy groups -OCH3 is 1. The van der Waals surface area contributed by atoms with Gasteiger partial charge in [0.25, 0.3) is 0 Å². The molecule has 0 radical (unpaired) electrons. The van der Waals surface area contributed by atoms with E-state index in [2.05, 4.69) is 5.32 Å². The van der Waals surface area contributed by atoms with Gasteiger partial charge in [-0.25, -0.2) is 0 Å². The van der Waals surface area contributed by atoms with Gasteiger partial charge in [0.2, 0.25) is 5.91 Å². The average molecular weight is 321 g/mol. The number of para-hydroxylation sites is 1. The smallest absolute Gasteiger partial charge is 0.307 e. The number of hydrogen-bond donors (Lipinski definition) is 2. The van der Waals surface area contributed by atoms with E-state index in [4.69, 9.17) is 14.6 Å². The van der Waals surface area contributed by atoms with Gasteiger partial charge in [0.05, 0.1) is 25.0 Å². The number of benzene rings is 1. The molecular weight excluding hydrogens is 298 g/mol. The normalized spacial score (nSPS) is 20.9. The quantitative estimate of drug-likeness (QED) is 0.765. The number of carboxylic acids is 1. The Kier molecular flexibility index (Phi) is 5.60. The van der Waals surface area contributed by atoms with Gasteiger partial charge < -0.3 is 19.9 Å². The molecule has 2 rings (SSSR count). The summed E-state index contributed by atoms with van der Waals surface area (Å²) in [6.45, 7) is 4.12. The second-order valence-corrected chi connectivity index (χ2v) is 5.95. The topological polar surface area (TPSA) is 84.9 Å². The van der Waals surface area contributed by atoms with Crippen molar-refractivity contribution in [2.75, 3.05) is 13.7 Å². The molecule has 3 atom stereocenters. The zero-order valence-electron chi connectivity index (χ0n) is 13.6. The summed E-state index contributed by atoms with van der Waals surface area (Å²) in [5.74, 6) is -1.42. The molecule has 0 aliphatic heterocycles. The van der Waals surface area contributed by atoms with Crippen LogP contribution in [0.5, 0.6) is 5.75 Å². The lowest BCUT2D eigenvalue weighted by Gasteiger charge is -2.23. The molecule has 0 heterocycles. The number of nitrogens with one attached hydrogen (secondary N) is 1. The third-order valence-corrected chi connectivity index (χ3v) is 3.83. The summed E-state index contributed by atoms with van der Waals surface area (Å²) in [6.07, 6.45) is 0.0394. The summed E-state index contributed by atoms with van der Waals surface area (Å²) >= 11 is 0. The molecule has 1 aliphatic rings. The molecule has 0 spiro atoms. The van der Waals surface area contributed by atoms with Crippen LogP contribution in [0.4, 0.5) is 0 Å². The summed E-state index contributed by atoms with van der Waals surface area (Å²) < 4.78 is 11.2. The van der Waals surface area contributed by atoms with Crippen LogP contribution in [0.1, 0.15) is 31.9 Å². The Morgan fingerprint density at radius 2 is 2.00 bits per heavy atom. The third kappa shape index (κ3) is 4.45. The molecule has 1 aromatic carbocycles. The second-order valence-electron chi connectivity index (χ2n) is 5.95. The molecule has 1 saturated carbocycles. The summed E-state index contributed by atoms with van der Waals surface area (Å²) in [5, 5.41) is 11.7. The molecule has 3 unspecified atom stereocenters. The Morgan fingerprint density at radius 3 is 2.57 bits per heavy atom. The number of hydrogen-bond acceptors (Lipinski definition) is 4. The van der Waals surface area contributed by atoms with E-state index in [0.29, 0.717) is 12.2 Å². The molecule has 1 aliphatic carbocycles. The minimum atomic E-state index is -0.912. The van der Waals surface area contributed by atoms with Crippen molar-refractivity contribution in [2.24, 2.45) is 11.8 Å². The van der Waals surface area contributed by atoms with Crippen LogP contribution in [0.2, 0.25) is 0 Å². The van der Waals surface area contributed by atoms with E-state index in [9.17, 15) is 9.59 Å². The molecule has 0 bridgehead atoms. The lowest BCUT2D eigenvalue weighted by molar-refractivity contribution is -0.140. The fourth-order valence-corrected chi connectivity index (χ4v) is 2.57. The van der Waals surface area contributed by atoms with Gasteiger partial charge in [0, 0.05) is 12.1 Å². The average Bonchev–Trinajstić information content (AvgIpc) is 3.31. The Morgan fingerprint density at radius 1 is 1.30 bits per heavy atom. The lowest BCUT2D eigenvalue weighted by atomic mass is 10.1. The summed E-state index contributed by atoms with van der Waals surface area (Å²) in [7, 11) is 1.59. The van der Waals surface area contributed by atoms with E-state index >= 15 is 0 Å². The molecule has 23 heavy (non-hydrogen) atoms. The number of ether oxygens (including phenoxy) is 2. The van der Waals surface area contributed by atoms with Gasteiger partial charge in [-0.3, -0.25) is 9.59 Å². The van der Waals surface area contributed by atoms with Gasteiger partial charge in [-0.1, -0.05) is 18.2 Å². The maximum atomic E-state index is 12.0. The zero-order chi connectivity index (χ0) is 17.0. The van der Waals surface area contributed by atoms with E-state index in [1.54, 1.807) is 7.11 Å². The molecule has 6 heteroatoms. The van der Waals surface area contributed by atoms with Crippen molar-refractivity contribution in [3.8, 4) is 5.75 Å². The molecule has 1 aromatic rings. The SMILES string of the molecule is COc1ccccc1C(CNC(=O)C1CC1C(=O)O)OC(C)C. The van der Waals surface area contributed by atoms with Crippen molar-refractivity contribution in [3.63, 3.8) is 0 Å². The molecule has 2 N–H and O–H groups in total. The zero-order valence-corrected chi connectivity index (χ0v) is 13.6. The van der Waals surface area contributed by atoms with Crippen molar-refractivity contribution < 1.29 is 24.2 Å². The van der Waals surface area contributed by atoms with E-state index in [1.807, 2.05) is 38.1 Å². The van der Waals surface area contributed by atoms with Crippen LogP contribution in [-0.2, 0) is 14.3 Å². The Labute approximate surface area is 135 Å². The van der Waals surface area contributed by atoms with Gasteiger partial charge in [0.15, 0.2) is 0 Å². The number of carbonyl (C=O) groups is 2. The predicted molar refractivity (Wildman–Crippen MR) is 84.2 cm³/mol. The highest BCUT2D eigenvalue weighted by atomic mass is 16.5. The van der Waals surface area contributed by atoms with Crippen LogP contribution in [-0.4, -0.2) is 36.7 Å². The van der Waals surface area contributed by atoms with E-state index in [1.165, 1.54) is 0 Å². The second kappa shape index (κ2) is 7.46. The maximum Gasteiger partial charge on any atom is 0.307 e. The standard InChI is InChI=1S/C17H23NO5/c1-10(2)23-15(11-6-4-5-7-14(11)22-3)9-18-16(19)12-8-13(12)17(20)21/h4-7,10,12-13,15H,8-9H2,1-3H3,(H,18,19)(H,20,21). The maximum absolute atomic E-state index is 12.0. The molecule has 6 nitrogen and oxygen atoms in total. The van der Waals surface area contributed by atoms with Crippen molar-refractivity contribution in [3.05, 3.63) is 29.8 Å². The first-order valence-electron chi connectivity index (χ1n) is 7.73. The predicted octanol–water partition coefficient (Wildman–Crippen LogP) is 2.00. The molecular formula is C17H23NO5. The minimum absolute atomic E-state index is 0.0190. The van der Waals surface area contributed by atoms with Gasteiger partial charge in [0.1, 0.15) is 11.9 Å². The summed E-state index contributed by atoms with van der Waals surface area (Å²) in [6, 6.07) is 7.50. The van der Waals surface area contributed by atoms with Crippen molar-refractivity contribution in [2.45, 2.75) is 32.5 Å². The molecule has 1 fully saturated rings. The van der Waals surface area contributed by atoms with Gasteiger partial charge in [-0.15, -0.1) is 0 Å². The fourth-order valence-electron chi connectivity index (χ4n) is 2.57. The first kappa shape index (κ1) is 17.3. The Hall–Kier alpha value is -2.08. The molecule has 0 aromatic heterocycles. The third-order valence-electron chi connectivity index (χ3n) is 3.83. The van der Waals surface area contributed by atoms with Crippen LogP contribution in [0.25, 0.3) is 0 Å². The number of carboxylic acid groups (broad SMARTS) is 1. The van der Waals surface area contributed by atoms with Crippen LogP contribution in [0.15, 0.2) is 24.3 Å². The van der Waals surface area contributed by atoms with Crippen LogP contribution in [0, 0.1) is 11.8 Å². The minimum Gasteiger partial charge on any atom is -0.496 e. The van der Waals surface area contributed by atoms with Crippen molar-refractivity contribution in [1.82, 2.24) is 5.32 Å². The van der Waals surface area contributed by atoms with Crippen LogP contribution < -0.4 is 10.1 Å². The number of aliphatic carboxylic acids is 1. The van der Waals surface area contributed by atoms with Crippen molar-refractivity contribution in [1.29, 1.82) is 0 Å². The van der Waals surface area contributed by atoms with Crippen LogP contribution >= 0.6 is 0 Å². The highest BCUT2D eigenvalue weighted by Gasteiger charge is 2.48. The molecule has 1 amide bonds.